The molecule has 0 radical (unpaired) electrons. The van der Waals surface area contributed by atoms with Crippen molar-refractivity contribution in [2.45, 2.75) is 13.2 Å². The molecule has 0 saturated carbocycles. The number of ether oxygens (including phenoxy) is 1. The first-order valence-corrected chi connectivity index (χ1v) is 4.04. The fraction of sp³-hybridized carbons (Fsp3) is 0.400. The molecule has 2 heteroatoms. The quantitative estimate of drug-likeness (QED) is 0.690. The van der Waals surface area contributed by atoms with Gasteiger partial charge in [-0.05, 0) is 19.5 Å². The Morgan fingerprint density at radius 1 is 1.42 bits per heavy atom. The van der Waals surface area contributed by atoms with E-state index in [1.807, 2.05) is 13.1 Å². The fourth-order valence-electron chi connectivity index (χ4n) is 1.25. The van der Waals surface area contributed by atoms with Gasteiger partial charge >= 0.3 is 0 Å². The molecule has 1 unspecified atom stereocenters. The second kappa shape index (κ2) is 4.24. The topological polar surface area (TPSA) is 21.3 Å². The number of nitrogens with one attached hydrogen (secondary N) is 1. The Hall–Kier alpha value is -0.860. The van der Waals surface area contributed by atoms with Crippen molar-refractivity contribution < 1.29 is 4.74 Å². The summed E-state index contributed by atoms with van der Waals surface area (Å²) in [5, 5.41) is 3.07. The second-order valence-electron chi connectivity index (χ2n) is 2.82. The van der Waals surface area contributed by atoms with Gasteiger partial charge in [0.1, 0.15) is 6.23 Å². The third-order valence-electron chi connectivity index (χ3n) is 1.84. The Bertz CT molecular complexity index is 243. The first-order chi connectivity index (χ1) is 5.77. The molecule has 0 aliphatic carbocycles. The standard InChI is InChI=1S/C10H15NO/c1-8-5-4-6-9(7-8)10(11-2)12-3/h4-7,10-11H,1-3H3. The van der Waals surface area contributed by atoms with E-state index in [0.717, 1.165) is 0 Å². The van der Waals surface area contributed by atoms with E-state index < -0.39 is 0 Å². The molecule has 1 aromatic carbocycles. The van der Waals surface area contributed by atoms with Gasteiger partial charge in [-0.25, -0.2) is 0 Å². The Morgan fingerprint density at radius 2 is 2.17 bits per heavy atom. The van der Waals surface area contributed by atoms with Crippen molar-refractivity contribution in [2.75, 3.05) is 14.2 Å². The third-order valence-corrected chi connectivity index (χ3v) is 1.84. The van der Waals surface area contributed by atoms with Crippen LogP contribution in [0.15, 0.2) is 24.3 Å². The largest absolute Gasteiger partial charge is 0.362 e. The van der Waals surface area contributed by atoms with E-state index in [1.54, 1.807) is 7.11 Å². The van der Waals surface area contributed by atoms with E-state index in [9.17, 15) is 0 Å². The molecular weight excluding hydrogens is 150 g/mol. The predicted molar refractivity (Wildman–Crippen MR) is 50.0 cm³/mol. The van der Waals surface area contributed by atoms with Crippen LogP contribution in [0.4, 0.5) is 0 Å². The van der Waals surface area contributed by atoms with E-state index in [-0.39, 0.29) is 6.23 Å². The van der Waals surface area contributed by atoms with Crippen molar-refractivity contribution in [3.63, 3.8) is 0 Å². The molecule has 0 fully saturated rings. The van der Waals surface area contributed by atoms with Crippen molar-refractivity contribution in [1.29, 1.82) is 0 Å². The van der Waals surface area contributed by atoms with Gasteiger partial charge in [-0.2, -0.15) is 0 Å². The molecule has 12 heavy (non-hydrogen) atoms. The highest BCUT2D eigenvalue weighted by atomic mass is 16.5. The lowest BCUT2D eigenvalue weighted by Crippen LogP contribution is -2.17. The Kier molecular flexibility index (Phi) is 3.26. The minimum atomic E-state index is 0.00454. The molecule has 0 saturated heterocycles. The average molecular weight is 165 g/mol. The van der Waals surface area contributed by atoms with Crippen LogP contribution in [0.2, 0.25) is 0 Å². The fourth-order valence-corrected chi connectivity index (χ4v) is 1.25. The molecule has 0 bridgehead atoms. The lowest BCUT2D eigenvalue weighted by atomic mass is 10.1. The number of methoxy groups -OCH3 is 1. The van der Waals surface area contributed by atoms with Gasteiger partial charge in [0.2, 0.25) is 0 Å². The molecule has 0 heterocycles. The van der Waals surface area contributed by atoms with Gasteiger partial charge in [0.05, 0.1) is 0 Å². The van der Waals surface area contributed by atoms with E-state index in [4.69, 9.17) is 4.74 Å². The van der Waals surface area contributed by atoms with Crippen molar-refractivity contribution in [2.24, 2.45) is 0 Å². The number of hydrogen-bond acceptors (Lipinski definition) is 2. The van der Waals surface area contributed by atoms with Gasteiger partial charge in [-0.15, -0.1) is 0 Å². The SMILES string of the molecule is CNC(OC)c1cccc(C)c1. The lowest BCUT2D eigenvalue weighted by molar-refractivity contribution is 0.0808. The van der Waals surface area contributed by atoms with Gasteiger partial charge in [-0.1, -0.05) is 29.8 Å². The summed E-state index contributed by atoms with van der Waals surface area (Å²) in [6.45, 7) is 2.08. The summed E-state index contributed by atoms with van der Waals surface area (Å²) < 4.78 is 5.23. The maximum atomic E-state index is 5.23. The van der Waals surface area contributed by atoms with Crippen LogP contribution in [0.1, 0.15) is 17.4 Å². The minimum absolute atomic E-state index is 0.00454. The van der Waals surface area contributed by atoms with Gasteiger partial charge in [0.25, 0.3) is 0 Å². The highest BCUT2D eigenvalue weighted by molar-refractivity contribution is 5.23. The van der Waals surface area contributed by atoms with Gasteiger partial charge in [0.15, 0.2) is 0 Å². The Labute approximate surface area is 73.6 Å². The summed E-state index contributed by atoms with van der Waals surface area (Å²) in [5.74, 6) is 0. The molecule has 0 aliphatic heterocycles. The molecule has 2 nitrogen and oxygen atoms in total. The Balaban J connectivity index is 2.85. The predicted octanol–water partition coefficient (Wildman–Crippen LogP) is 1.86. The van der Waals surface area contributed by atoms with Crippen molar-refractivity contribution in [3.05, 3.63) is 35.4 Å². The molecule has 0 aliphatic rings. The van der Waals surface area contributed by atoms with E-state index in [2.05, 4.69) is 30.4 Å². The summed E-state index contributed by atoms with van der Waals surface area (Å²) in [6.07, 6.45) is 0.00454. The number of hydrogen-bond donors (Lipinski definition) is 1. The molecule has 66 valence electrons. The Morgan fingerprint density at radius 3 is 2.67 bits per heavy atom. The maximum Gasteiger partial charge on any atom is 0.133 e. The van der Waals surface area contributed by atoms with Crippen molar-refractivity contribution >= 4 is 0 Å². The van der Waals surface area contributed by atoms with Crippen LogP contribution < -0.4 is 5.32 Å². The minimum Gasteiger partial charge on any atom is -0.362 e. The van der Waals surface area contributed by atoms with E-state index >= 15 is 0 Å². The van der Waals surface area contributed by atoms with Crippen molar-refractivity contribution in [1.82, 2.24) is 5.32 Å². The highest BCUT2D eigenvalue weighted by Crippen LogP contribution is 2.13. The third kappa shape index (κ3) is 2.06. The second-order valence-corrected chi connectivity index (χ2v) is 2.82. The smallest absolute Gasteiger partial charge is 0.133 e. The molecule has 0 amide bonds. The zero-order chi connectivity index (χ0) is 8.97. The molecule has 0 spiro atoms. The van der Waals surface area contributed by atoms with Gasteiger partial charge in [-0.3, -0.25) is 5.32 Å². The van der Waals surface area contributed by atoms with Crippen LogP contribution in [0.3, 0.4) is 0 Å². The molecule has 0 aromatic heterocycles. The van der Waals surface area contributed by atoms with Gasteiger partial charge in [0, 0.05) is 7.11 Å². The highest BCUT2D eigenvalue weighted by Gasteiger charge is 2.05. The zero-order valence-electron chi connectivity index (χ0n) is 7.79. The molecular formula is C10H15NO. The summed E-state index contributed by atoms with van der Waals surface area (Å²) in [4.78, 5) is 0. The van der Waals surface area contributed by atoms with E-state index in [0.29, 0.717) is 0 Å². The molecule has 1 N–H and O–H groups in total. The summed E-state index contributed by atoms with van der Waals surface area (Å²) in [6, 6.07) is 8.28. The normalized spacial score (nSPS) is 12.9. The van der Waals surface area contributed by atoms with Gasteiger partial charge < -0.3 is 4.74 Å². The summed E-state index contributed by atoms with van der Waals surface area (Å²) in [7, 11) is 3.58. The summed E-state index contributed by atoms with van der Waals surface area (Å²) in [5.41, 5.74) is 2.42. The van der Waals surface area contributed by atoms with Crippen LogP contribution in [-0.2, 0) is 4.74 Å². The first kappa shape index (κ1) is 9.23. The van der Waals surface area contributed by atoms with Crippen LogP contribution in [0, 0.1) is 6.92 Å². The maximum absolute atomic E-state index is 5.23. The molecule has 1 aromatic rings. The van der Waals surface area contributed by atoms with E-state index in [1.165, 1.54) is 11.1 Å². The molecule has 1 atom stereocenters. The van der Waals surface area contributed by atoms with Crippen molar-refractivity contribution in [3.8, 4) is 0 Å². The molecule has 1 rings (SSSR count). The van der Waals surface area contributed by atoms with Crippen LogP contribution in [-0.4, -0.2) is 14.2 Å². The van der Waals surface area contributed by atoms with Crippen LogP contribution >= 0.6 is 0 Å². The summed E-state index contributed by atoms with van der Waals surface area (Å²) >= 11 is 0. The first-order valence-electron chi connectivity index (χ1n) is 4.04. The number of benzene rings is 1. The average Bonchev–Trinajstić information content (AvgIpc) is 2.07. The lowest BCUT2D eigenvalue weighted by Gasteiger charge is -2.14. The zero-order valence-corrected chi connectivity index (χ0v) is 7.79. The van der Waals surface area contributed by atoms with Crippen LogP contribution in [0.25, 0.3) is 0 Å². The number of rotatable bonds is 3. The number of aryl methyl sites for hydroxylation is 1. The monoisotopic (exact) mass is 165 g/mol. The van der Waals surface area contributed by atoms with Crippen LogP contribution in [0.5, 0.6) is 0 Å².